The molecule has 0 saturated carbocycles. The first-order valence-corrected chi connectivity index (χ1v) is 7.21. The van der Waals surface area contributed by atoms with Gasteiger partial charge in [0.1, 0.15) is 0 Å². The van der Waals surface area contributed by atoms with Gasteiger partial charge < -0.3 is 14.8 Å². The number of hydrogen-bond acceptors (Lipinski definition) is 3. The SMILES string of the molecule is CC[C@@H](C)CNC(=O)/C=C/C=C/c1ccc2c(c1)OCO2. The Kier molecular flexibility index (Phi) is 5.43. The minimum atomic E-state index is -0.0642. The van der Waals surface area contributed by atoms with Crippen LogP contribution in [0.4, 0.5) is 0 Å². The molecule has 0 spiro atoms. The number of ether oxygens (including phenoxy) is 2. The molecule has 1 aromatic rings. The fourth-order valence-corrected chi connectivity index (χ4v) is 1.80. The lowest BCUT2D eigenvalue weighted by Gasteiger charge is -2.07. The van der Waals surface area contributed by atoms with Gasteiger partial charge in [-0.2, -0.15) is 0 Å². The van der Waals surface area contributed by atoms with E-state index in [0.29, 0.717) is 12.5 Å². The molecular weight excluding hydrogens is 266 g/mol. The number of hydrogen-bond donors (Lipinski definition) is 1. The van der Waals surface area contributed by atoms with Gasteiger partial charge in [0, 0.05) is 12.6 Å². The van der Waals surface area contributed by atoms with Crippen LogP contribution < -0.4 is 14.8 Å². The molecule has 0 bridgehead atoms. The smallest absolute Gasteiger partial charge is 0.243 e. The van der Waals surface area contributed by atoms with Crippen LogP contribution in [0, 0.1) is 5.92 Å². The van der Waals surface area contributed by atoms with Gasteiger partial charge in [-0.15, -0.1) is 0 Å². The molecule has 4 heteroatoms. The van der Waals surface area contributed by atoms with Crippen molar-refractivity contribution in [2.45, 2.75) is 20.3 Å². The Labute approximate surface area is 125 Å². The number of nitrogens with one attached hydrogen (secondary N) is 1. The number of allylic oxidation sites excluding steroid dienone is 2. The van der Waals surface area contributed by atoms with Crippen molar-refractivity contribution in [1.29, 1.82) is 0 Å². The van der Waals surface area contributed by atoms with Gasteiger partial charge in [-0.3, -0.25) is 4.79 Å². The molecule has 0 saturated heterocycles. The van der Waals surface area contributed by atoms with Crippen molar-refractivity contribution in [2.75, 3.05) is 13.3 Å². The molecule has 1 amide bonds. The summed E-state index contributed by atoms with van der Waals surface area (Å²) in [5.74, 6) is 1.97. The Morgan fingerprint density at radius 3 is 2.95 bits per heavy atom. The third-order valence-corrected chi connectivity index (χ3v) is 3.37. The fraction of sp³-hybridized carbons (Fsp3) is 0.353. The normalized spacial score (nSPS) is 14.8. The van der Waals surface area contributed by atoms with E-state index in [1.54, 1.807) is 6.08 Å². The maximum absolute atomic E-state index is 11.6. The predicted octanol–water partition coefficient (Wildman–Crippen LogP) is 3.15. The molecule has 0 aromatic heterocycles. The van der Waals surface area contributed by atoms with Crippen molar-refractivity contribution < 1.29 is 14.3 Å². The van der Waals surface area contributed by atoms with Crippen LogP contribution in [0.15, 0.2) is 36.4 Å². The fourth-order valence-electron chi connectivity index (χ4n) is 1.80. The van der Waals surface area contributed by atoms with Gasteiger partial charge in [0.25, 0.3) is 0 Å². The summed E-state index contributed by atoms with van der Waals surface area (Å²) in [6.07, 6.45) is 8.08. The number of carbonyl (C=O) groups excluding carboxylic acids is 1. The molecule has 1 aromatic carbocycles. The standard InChI is InChI=1S/C17H21NO3/c1-3-13(2)11-18-17(19)7-5-4-6-14-8-9-15-16(10-14)21-12-20-15/h4-10,13H,3,11-12H2,1-2H3,(H,18,19)/b6-4+,7-5+/t13-/m1/s1. The number of carbonyl (C=O) groups is 1. The van der Waals surface area contributed by atoms with Crippen LogP contribution in [0.5, 0.6) is 11.5 Å². The number of benzene rings is 1. The third-order valence-electron chi connectivity index (χ3n) is 3.37. The van der Waals surface area contributed by atoms with E-state index < -0.39 is 0 Å². The average molecular weight is 287 g/mol. The molecule has 0 radical (unpaired) electrons. The Morgan fingerprint density at radius 1 is 1.33 bits per heavy atom. The largest absolute Gasteiger partial charge is 0.454 e. The Morgan fingerprint density at radius 2 is 2.14 bits per heavy atom. The first kappa shape index (κ1) is 15.2. The Balaban J connectivity index is 1.81. The van der Waals surface area contributed by atoms with E-state index >= 15 is 0 Å². The van der Waals surface area contributed by atoms with E-state index in [-0.39, 0.29) is 12.7 Å². The number of amides is 1. The van der Waals surface area contributed by atoms with Crippen LogP contribution in [0.1, 0.15) is 25.8 Å². The number of fused-ring (bicyclic) bond motifs is 1. The Bertz CT molecular complexity index is 549. The molecule has 0 unspecified atom stereocenters. The highest BCUT2D eigenvalue weighted by Gasteiger charge is 2.11. The minimum absolute atomic E-state index is 0.0642. The third kappa shape index (κ3) is 4.67. The van der Waals surface area contributed by atoms with Crippen LogP contribution in [-0.4, -0.2) is 19.2 Å². The summed E-state index contributed by atoms with van der Waals surface area (Å²) in [5, 5.41) is 2.87. The summed E-state index contributed by atoms with van der Waals surface area (Å²) >= 11 is 0. The zero-order valence-corrected chi connectivity index (χ0v) is 12.5. The van der Waals surface area contributed by atoms with Crippen LogP contribution in [0.3, 0.4) is 0 Å². The quantitative estimate of drug-likeness (QED) is 0.646. The van der Waals surface area contributed by atoms with E-state index in [1.807, 2.05) is 30.4 Å². The lowest BCUT2D eigenvalue weighted by Crippen LogP contribution is -2.26. The molecule has 0 aliphatic carbocycles. The molecule has 1 heterocycles. The van der Waals surface area contributed by atoms with Crippen molar-refractivity contribution in [3.05, 3.63) is 42.0 Å². The lowest BCUT2D eigenvalue weighted by molar-refractivity contribution is -0.116. The highest BCUT2D eigenvalue weighted by molar-refractivity contribution is 5.87. The zero-order chi connectivity index (χ0) is 15.1. The summed E-state index contributed by atoms with van der Waals surface area (Å²) < 4.78 is 10.6. The molecule has 1 aliphatic heterocycles. The predicted molar refractivity (Wildman–Crippen MR) is 83.2 cm³/mol. The monoisotopic (exact) mass is 287 g/mol. The van der Waals surface area contributed by atoms with Gasteiger partial charge in [-0.05, 0) is 23.6 Å². The maximum Gasteiger partial charge on any atom is 0.243 e. The molecule has 112 valence electrons. The summed E-state index contributed by atoms with van der Waals surface area (Å²) in [6, 6.07) is 5.74. The van der Waals surface area contributed by atoms with Crippen LogP contribution in [0.25, 0.3) is 6.08 Å². The van der Waals surface area contributed by atoms with Crippen LogP contribution >= 0.6 is 0 Å². The highest BCUT2D eigenvalue weighted by Crippen LogP contribution is 2.32. The highest BCUT2D eigenvalue weighted by atomic mass is 16.7. The van der Waals surface area contributed by atoms with E-state index in [1.165, 1.54) is 6.08 Å². The van der Waals surface area contributed by atoms with E-state index in [0.717, 1.165) is 23.5 Å². The van der Waals surface area contributed by atoms with Crippen molar-refractivity contribution in [3.63, 3.8) is 0 Å². The van der Waals surface area contributed by atoms with E-state index in [4.69, 9.17) is 9.47 Å². The summed E-state index contributed by atoms with van der Waals surface area (Å²) in [6.45, 7) is 5.22. The molecule has 4 nitrogen and oxygen atoms in total. The number of rotatable bonds is 6. The van der Waals surface area contributed by atoms with Crippen LogP contribution in [-0.2, 0) is 4.79 Å². The topological polar surface area (TPSA) is 47.6 Å². The average Bonchev–Trinajstić information content (AvgIpc) is 2.96. The summed E-state index contributed by atoms with van der Waals surface area (Å²) in [4.78, 5) is 11.6. The van der Waals surface area contributed by atoms with E-state index in [2.05, 4.69) is 19.2 Å². The minimum Gasteiger partial charge on any atom is -0.454 e. The second kappa shape index (κ2) is 7.53. The molecule has 21 heavy (non-hydrogen) atoms. The maximum atomic E-state index is 11.6. The van der Waals surface area contributed by atoms with Crippen molar-refractivity contribution >= 4 is 12.0 Å². The summed E-state index contributed by atoms with van der Waals surface area (Å²) in [7, 11) is 0. The zero-order valence-electron chi connectivity index (χ0n) is 12.5. The van der Waals surface area contributed by atoms with Gasteiger partial charge in [0.05, 0.1) is 0 Å². The second-order valence-electron chi connectivity index (χ2n) is 5.09. The van der Waals surface area contributed by atoms with Gasteiger partial charge >= 0.3 is 0 Å². The summed E-state index contributed by atoms with van der Waals surface area (Å²) in [5.41, 5.74) is 1.00. The lowest BCUT2D eigenvalue weighted by atomic mass is 10.1. The first-order chi connectivity index (χ1) is 10.2. The molecule has 2 rings (SSSR count). The van der Waals surface area contributed by atoms with Gasteiger partial charge in [0.15, 0.2) is 11.5 Å². The molecule has 1 atom stereocenters. The second-order valence-corrected chi connectivity index (χ2v) is 5.09. The van der Waals surface area contributed by atoms with Crippen LogP contribution in [0.2, 0.25) is 0 Å². The first-order valence-electron chi connectivity index (χ1n) is 7.21. The molecule has 0 fully saturated rings. The van der Waals surface area contributed by atoms with Gasteiger partial charge in [-0.25, -0.2) is 0 Å². The van der Waals surface area contributed by atoms with Crippen molar-refractivity contribution in [1.82, 2.24) is 5.32 Å². The molecular formula is C17H21NO3. The molecule has 1 aliphatic rings. The van der Waals surface area contributed by atoms with Gasteiger partial charge in [0.2, 0.25) is 12.7 Å². The molecule has 1 N–H and O–H groups in total. The van der Waals surface area contributed by atoms with Crippen molar-refractivity contribution in [2.24, 2.45) is 5.92 Å². The van der Waals surface area contributed by atoms with Gasteiger partial charge in [-0.1, -0.05) is 44.6 Å². The van der Waals surface area contributed by atoms with Crippen molar-refractivity contribution in [3.8, 4) is 11.5 Å². The Hall–Kier alpha value is -2.23. The van der Waals surface area contributed by atoms with E-state index in [9.17, 15) is 4.79 Å².